The molecule has 0 aliphatic heterocycles. The predicted octanol–water partition coefficient (Wildman–Crippen LogP) is 3.77. The van der Waals surface area contributed by atoms with Crippen LogP contribution in [0, 0.1) is 6.92 Å². The molecule has 2 N–H and O–H groups in total. The second kappa shape index (κ2) is 6.50. The highest BCUT2D eigenvalue weighted by Crippen LogP contribution is 2.37. The second-order valence-electron chi connectivity index (χ2n) is 5.45. The molecule has 1 fully saturated rings. The number of hydrogen-bond donors (Lipinski definition) is 2. The summed E-state index contributed by atoms with van der Waals surface area (Å²) in [6.45, 7) is 1.94. The minimum Gasteiger partial charge on any atom is -0.495 e. The predicted molar refractivity (Wildman–Crippen MR) is 91.3 cm³/mol. The highest BCUT2D eigenvalue weighted by molar-refractivity contribution is 6.32. The smallest absolute Gasteiger partial charge is 0.225 e. The van der Waals surface area contributed by atoms with E-state index in [0.29, 0.717) is 34.3 Å². The largest absolute Gasteiger partial charge is 0.495 e. The zero-order valence-corrected chi connectivity index (χ0v) is 14.1. The topological polar surface area (TPSA) is 68.3 Å². The Morgan fingerprint density at radius 2 is 1.83 bits per heavy atom. The van der Waals surface area contributed by atoms with Gasteiger partial charge in [0.25, 0.3) is 0 Å². The average Bonchev–Trinajstić information content (AvgIpc) is 3.32. The van der Waals surface area contributed by atoms with Crippen molar-refractivity contribution >= 4 is 29.1 Å². The number of benzene rings is 1. The van der Waals surface area contributed by atoms with Crippen LogP contribution in [0.3, 0.4) is 0 Å². The molecule has 122 valence electrons. The van der Waals surface area contributed by atoms with Gasteiger partial charge in [-0.25, -0.2) is 4.98 Å². The minimum absolute atomic E-state index is 0.491. The molecule has 0 spiro atoms. The van der Waals surface area contributed by atoms with Gasteiger partial charge in [0.15, 0.2) is 0 Å². The van der Waals surface area contributed by atoms with E-state index >= 15 is 0 Å². The first-order valence-corrected chi connectivity index (χ1v) is 7.77. The SMILES string of the molecule is COc1cc(Nc2cc(C)nc(NC3CC3)n2)c(OC)cc1Cl. The summed E-state index contributed by atoms with van der Waals surface area (Å²) >= 11 is 6.13. The second-order valence-corrected chi connectivity index (χ2v) is 5.86. The molecule has 1 heterocycles. The summed E-state index contributed by atoms with van der Waals surface area (Å²) in [5.41, 5.74) is 1.61. The van der Waals surface area contributed by atoms with Gasteiger partial charge in [0.1, 0.15) is 17.3 Å². The molecule has 23 heavy (non-hydrogen) atoms. The van der Waals surface area contributed by atoms with Gasteiger partial charge in [-0.1, -0.05) is 11.6 Å². The fraction of sp³-hybridized carbons (Fsp3) is 0.375. The van der Waals surface area contributed by atoms with Crippen LogP contribution in [0.1, 0.15) is 18.5 Å². The third-order valence-corrected chi connectivity index (χ3v) is 3.80. The van der Waals surface area contributed by atoms with Crippen LogP contribution >= 0.6 is 11.6 Å². The molecule has 1 saturated carbocycles. The standard InChI is InChI=1S/C16H19ClN4O2/c1-9-6-15(21-16(18-9)19-10-4-5-10)20-12-8-13(22-2)11(17)7-14(12)23-3/h6-8,10H,4-5H2,1-3H3,(H2,18,19,20,21). The number of halogens is 1. The molecular weight excluding hydrogens is 316 g/mol. The van der Waals surface area contributed by atoms with Crippen molar-refractivity contribution in [2.24, 2.45) is 0 Å². The molecule has 0 amide bonds. The van der Waals surface area contributed by atoms with E-state index in [4.69, 9.17) is 21.1 Å². The maximum atomic E-state index is 6.13. The molecule has 0 bridgehead atoms. The number of aromatic nitrogens is 2. The summed E-state index contributed by atoms with van der Waals surface area (Å²) in [7, 11) is 3.17. The van der Waals surface area contributed by atoms with Gasteiger partial charge < -0.3 is 20.1 Å². The molecule has 0 unspecified atom stereocenters. The van der Waals surface area contributed by atoms with Gasteiger partial charge in [-0.05, 0) is 19.8 Å². The lowest BCUT2D eigenvalue weighted by Crippen LogP contribution is -2.08. The molecule has 0 radical (unpaired) electrons. The van der Waals surface area contributed by atoms with Crippen molar-refractivity contribution in [3.8, 4) is 11.5 Å². The fourth-order valence-electron chi connectivity index (χ4n) is 2.20. The van der Waals surface area contributed by atoms with Gasteiger partial charge in [0.05, 0.1) is 24.9 Å². The third kappa shape index (κ3) is 3.76. The Hall–Kier alpha value is -2.21. The van der Waals surface area contributed by atoms with Crippen LogP contribution in [0.5, 0.6) is 11.5 Å². The van der Waals surface area contributed by atoms with Crippen molar-refractivity contribution in [1.82, 2.24) is 9.97 Å². The Morgan fingerprint density at radius 3 is 2.48 bits per heavy atom. The van der Waals surface area contributed by atoms with Gasteiger partial charge in [0.2, 0.25) is 5.95 Å². The Labute approximate surface area is 140 Å². The van der Waals surface area contributed by atoms with Crippen molar-refractivity contribution in [3.05, 3.63) is 28.9 Å². The normalized spacial score (nSPS) is 13.6. The monoisotopic (exact) mass is 334 g/mol. The molecular formula is C16H19ClN4O2. The number of methoxy groups -OCH3 is 2. The molecule has 1 aliphatic carbocycles. The zero-order chi connectivity index (χ0) is 16.4. The van der Waals surface area contributed by atoms with Crippen molar-refractivity contribution in [3.63, 3.8) is 0 Å². The van der Waals surface area contributed by atoms with Crippen LogP contribution in [0.25, 0.3) is 0 Å². The van der Waals surface area contributed by atoms with Crippen LogP contribution < -0.4 is 20.1 Å². The molecule has 6 nitrogen and oxygen atoms in total. The molecule has 1 aromatic carbocycles. The lowest BCUT2D eigenvalue weighted by atomic mass is 10.2. The average molecular weight is 335 g/mol. The van der Waals surface area contributed by atoms with Crippen molar-refractivity contribution < 1.29 is 9.47 Å². The summed E-state index contributed by atoms with van der Waals surface area (Å²) in [5, 5.41) is 7.04. The lowest BCUT2D eigenvalue weighted by Gasteiger charge is -2.14. The lowest BCUT2D eigenvalue weighted by molar-refractivity contribution is 0.405. The molecule has 0 saturated heterocycles. The van der Waals surface area contributed by atoms with E-state index < -0.39 is 0 Å². The van der Waals surface area contributed by atoms with Crippen LogP contribution in [0.4, 0.5) is 17.5 Å². The summed E-state index contributed by atoms with van der Waals surface area (Å²) in [5.74, 6) is 2.50. The molecule has 2 aromatic rings. The van der Waals surface area contributed by atoms with Gasteiger partial charge in [0, 0.05) is 29.9 Å². The van der Waals surface area contributed by atoms with Crippen molar-refractivity contribution in [2.75, 3.05) is 24.9 Å². The number of nitrogens with one attached hydrogen (secondary N) is 2. The highest BCUT2D eigenvalue weighted by Gasteiger charge is 2.22. The van der Waals surface area contributed by atoms with Gasteiger partial charge in [-0.3, -0.25) is 0 Å². The van der Waals surface area contributed by atoms with E-state index in [1.54, 1.807) is 26.4 Å². The van der Waals surface area contributed by atoms with Crippen LogP contribution in [0.2, 0.25) is 5.02 Å². The highest BCUT2D eigenvalue weighted by atomic mass is 35.5. The summed E-state index contributed by atoms with van der Waals surface area (Å²) in [4.78, 5) is 8.91. The number of hydrogen-bond acceptors (Lipinski definition) is 6. The van der Waals surface area contributed by atoms with Crippen molar-refractivity contribution in [2.45, 2.75) is 25.8 Å². The van der Waals surface area contributed by atoms with Gasteiger partial charge in [-0.2, -0.15) is 4.98 Å². The molecule has 0 atom stereocenters. The van der Waals surface area contributed by atoms with E-state index in [2.05, 4.69) is 20.6 Å². The van der Waals surface area contributed by atoms with Crippen LogP contribution in [0.15, 0.2) is 18.2 Å². The number of nitrogens with zero attached hydrogens (tertiary/aromatic N) is 2. The third-order valence-electron chi connectivity index (χ3n) is 3.50. The first-order valence-electron chi connectivity index (χ1n) is 7.40. The quantitative estimate of drug-likeness (QED) is 0.838. The molecule has 1 aromatic heterocycles. The van der Waals surface area contributed by atoms with E-state index in [1.807, 2.05) is 13.0 Å². The Morgan fingerprint density at radius 1 is 1.09 bits per heavy atom. The fourth-order valence-corrected chi connectivity index (χ4v) is 2.43. The first-order chi connectivity index (χ1) is 11.1. The maximum Gasteiger partial charge on any atom is 0.225 e. The molecule has 7 heteroatoms. The minimum atomic E-state index is 0.491. The van der Waals surface area contributed by atoms with Gasteiger partial charge >= 0.3 is 0 Å². The molecule has 1 aliphatic rings. The van der Waals surface area contributed by atoms with E-state index in [1.165, 1.54) is 12.8 Å². The Bertz CT molecular complexity index is 719. The number of aryl methyl sites for hydroxylation is 1. The van der Waals surface area contributed by atoms with E-state index in [0.717, 1.165) is 11.4 Å². The zero-order valence-electron chi connectivity index (χ0n) is 13.3. The van der Waals surface area contributed by atoms with Crippen LogP contribution in [-0.4, -0.2) is 30.2 Å². The number of ether oxygens (including phenoxy) is 2. The summed E-state index contributed by atoms with van der Waals surface area (Å²) in [6.07, 6.45) is 2.34. The molecule has 3 rings (SSSR count). The summed E-state index contributed by atoms with van der Waals surface area (Å²) < 4.78 is 10.6. The number of rotatable bonds is 6. The van der Waals surface area contributed by atoms with E-state index in [9.17, 15) is 0 Å². The van der Waals surface area contributed by atoms with Crippen LogP contribution in [-0.2, 0) is 0 Å². The Balaban J connectivity index is 1.89. The van der Waals surface area contributed by atoms with Gasteiger partial charge in [-0.15, -0.1) is 0 Å². The maximum absolute atomic E-state index is 6.13. The first kappa shape index (κ1) is 15.7. The van der Waals surface area contributed by atoms with E-state index in [-0.39, 0.29) is 0 Å². The number of anilines is 3. The Kier molecular flexibility index (Phi) is 4.43. The summed E-state index contributed by atoms with van der Waals surface area (Å²) in [6, 6.07) is 5.86. The van der Waals surface area contributed by atoms with Crippen molar-refractivity contribution in [1.29, 1.82) is 0 Å².